The largest absolute Gasteiger partial charge is 0.483 e. The highest BCUT2D eigenvalue weighted by Crippen LogP contribution is 2.27. The van der Waals surface area contributed by atoms with Crippen LogP contribution >= 0.6 is 22.9 Å². The van der Waals surface area contributed by atoms with Crippen LogP contribution in [0.3, 0.4) is 0 Å². The number of pyridine rings is 1. The van der Waals surface area contributed by atoms with Gasteiger partial charge in [-0.2, -0.15) is 0 Å². The molecule has 0 radical (unpaired) electrons. The topological polar surface area (TPSA) is 81.2 Å². The minimum Gasteiger partial charge on any atom is -0.483 e. The molecule has 0 bridgehead atoms. The average Bonchev–Trinajstić information content (AvgIpc) is 2.96. The number of hydrogen-bond acceptors (Lipinski definition) is 6. The number of nitrogens with zero attached hydrogens (tertiary/aromatic N) is 2. The molecule has 10 heteroatoms. The smallest absolute Gasteiger partial charge is 0.263 e. The van der Waals surface area contributed by atoms with E-state index in [0.29, 0.717) is 15.7 Å². The Hall–Kier alpha value is -2.65. The third kappa shape index (κ3) is 3.57. The van der Waals surface area contributed by atoms with Crippen LogP contribution in [-0.4, -0.2) is 22.3 Å². The molecule has 0 aliphatic rings. The quantitative estimate of drug-likeness (QED) is 0.685. The van der Waals surface area contributed by atoms with Crippen molar-refractivity contribution < 1.29 is 23.1 Å². The second-order valence-electron chi connectivity index (χ2n) is 4.70. The first-order valence-corrected chi connectivity index (χ1v) is 7.95. The molecule has 0 spiro atoms. The van der Waals surface area contributed by atoms with E-state index in [4.69, 9.17) is 16.3 Å². The fourth-order valence-electron chi connectivity index (χ4n) is 2.02. The first-order chi connectivity index (χ1) is 12.0. The number of ether oxygens (including phenoxy) is 1. The third-order valence-electron chi connectivity index (χ3n) is 3.08. The Morgan fingerprint density at radius 1 is 1.40 bits per heavy atom. The summed E-state index contributed by atoms with van der Waals surface area (Å²) in [6.07, 6.45) is 1.49. The van der Waals surface area contributed by atoms with Gasteiger partial charge in [-0.15, -0.1) is 11.3 Å². The lowest BCUT2D eigenvalue weighted by Crippen LogP contribution is -2.24. The van der Waals surface area contributed by atoms with Gasteiger partial charge in [0.05, 0.1) is 9.72 Å². The fraction of sp³-hybridized carbons (Fsp3) is 0.0667. The number of nitrogens with one attached hydrogen (secondary N) is 1. The van der Waals surface area contributed by atoms with Crippen molar-refractivity contribution in [2.75, 3.05) is 0 Å². The predicted octanol–water partition coefficient (Wildman–Crippen LogP) is 3.09. The highest BCUT2D eigenvalue weighted by Gasteiger charge is 2.21. The van der Waals surface area contributed by atoms with Gasteiger partial charge < -0.3 is 4.74 Å². The Kier molecular flexibility index (Phi) is 4.86. The number of halogens is 3. The molecule has 1 N–H and O–H groups in total. The summed E-state index contributed by atoms with van der Waals surface area (Å²) in [6, 6.07) is 3.61. The van der Waals surface area contributed by atoms with E-state index in [9.17, 15) is 18.4 Å². The van der Waals surface area contributed by atoms with Gasteiger partial charge in [-0.3, -0.25) is 14.9 Å². The van der Waals surface area contributed by atoms with Gasteiger partial charge >= 0.3 is 0 Å². The molecule has 0 aliphatic heterocycles. The molecule has 0 atom stereocenters. The maximum absolute atomic E-state index is 14.3. The van der Waals surface area contributed by atoms with Gasteiger partial charge in [0.25, 0.3) is 5.91 Å². The van der Waals surface area contributed by atoms with Crippen LogP contribution in [-0.2, 0) is 11.4 Å². The maximum Gasteiger partial charge on any atom is 0.263 e. The van der Waals surface area contributed by atoms with Gasteiger partial charge in [0.1, 0.15) is 23.0 Å². The minimum atomic E-state index is -1.21. The van der Waals surface area contributed by atoms with Crippen LogP contribution in [0, 0.1) is 11.6 Å². The number of carbonyl (C=O) groups excluding carboxylic acids is 2. The first-order valence-electron chi connectivity index (χ1n) is 6.76. The average molecular weight is 384 g/mol. The summed E-state index contributed by atoms with van der Waals surface area (Å²) in [6.45, 7) is -0.115. The molecule has 0 saturated heterocycles. The summed E-state index contributed by atoms with van der Waals surface area (Å²) in [7, 11) is 0. The van der Waals surface area contributed by atoms with Crippen molar-refractivity contribution in [3.05, 3.63) is 51.6 Å². The molecule has 0 saturated carbocycles. The van der Waals surface area contributed by atoms with Crippen molar-refractivity contribution in [1.82, 2.24) is 15.3 Å². The van der Waals surface area contributed by atoms with Crippen molar-refractivity contribution in [3.8, 4) is 5.75 Å². The monoisotopic (exact) mass is 383 g/mol. The minimum absolute atomic E-state index is 0.0357. The number of rotatable bonds is 5. The molecule has 25 heavy (non-hydrogen) atoms. The Morgan fingerprint density at radius 3 is 2.96 bits per heavy atom. The van der Waals surface area contributed by atoms with E-state index in [1.54, 1.807) is 11.4 Å². The summed E-state index contributed by atoms with van der Waals surface area (Å²) in [5, 5.41) is 2.63. The Balaban J connectivity index is 1.83. The molecule has 128 valence electrons. The molecular weight excluding hydrogens is 376 g/mol. The molecule has 2 amide bonds. The normalized spacial score (nSPS) is 10.7. The van der Waals surface area contributed by atoms with Crippen molar-refractivity contribution in [1.29, 1.82) is 0 Å². The van der Waals surface area contributed by atoms with Crippen LogP contribution in [0.4, 0.5) is 8.78 Å². The van der Waals surface area contributed by atoms with Gasteiger partial charge in [0.2, 0.25) is 6.41 Å². The standard InChI is InChI=1S/C15H8ClF2N3O3S/c16-7-3-10-14(19-4-7)21-11(25-10)5-24-9-2-1-8(17)12(13(9)18)15(23)20-6-22/h1-4,6H,5H2,(H,20,22,23). The molecule has 1 aromatic carbocycles. The molecule has 0 aliphatic carbocycles. The van der Waals surface area contributed by atoms with Gasteiger partial charge in [0, 0.05) is 6.20 Å². The van der Waals surface area contributed by atoms with E-state index in [0.717, 1.165) is 16.8 Å². The van der Waals surface area contributed by atoms with E-state index in [1.165, 1.54) is 17.5 Å². The van der Waals surface area contributed by atoms with Gasteiger partial charge in [0.15, 0.2) is 17.2 Å². The van der Waals surface area contributed by atoms with E-state index >= 15 is 0 Å². The highest BCUT2D eigenvalue weighted by molar-refractivity contribution is 7.18. The summed E-state index contributed by atoms with van der Waals surface area (Å²) in [4.78, 5) is 30.1. The van der Waals surface area contributed by atoms with E-state index < -0.39 is 23.1 Å². The molecule has 3 aromatic rings. The lowest BCUT2D eigenvalue weighted by Gasteiger charge is -2.09. The van der Waals surface area contributed by atoms with Crippen LogP contribution in [0.25, 0.3) is 10.3 Å². The third-order valence-corrected chi connectivity index (χ3v) is 4.25. The first kappa shape index (κ1) is 17.2. The zero-order chi connectivity index (χ0) is 18.0. The van der Waals surface area contributed by atoms with Crippen molar-refractivity contribution >= 4 is 45.6 Å². The second kappa shape index (κ2) is 7.08. The molecule has 6 nitrogen and oxygen atoms in total. The molecule has 3 rings (SSSR count). The predicted molar refractivity (Wildman–Crippen MR) is 86.6 cm³/mol. The van der Waals surface area contributed by atoms with Crippen LogP contribution in [0.1, 0.15) is 15.4 Å². The fourth-order valence-corrected chi connectivity index (χ4v) is 3.12. The number of fused-ring (bicyclic) bond motifs is 1. The van der Waals surface area contributed by atoms with Crippen molar-refractivity contribution in [2.45, 2.75) is 6.61 Å². The van der Waals surface area contributed by atoms with Crippen molar-refractivity contribution in [2.24, 2.45) is 0 Å². The summed E-state index contributed by atoms with van der Waals surface area (Å²) >= 11 is 7.10. The second-order valence-corrected chi connectivity index (χ2v) is 6.25. The zero-order valence-electron chi connectivity index (χ0n) is 12.3. The molecule has 2 heterocycles. The van der Waals surface area contributed by atoms with Gasteiger partial charge in [-0.25, -0.2) is 18.7 Å². The summed E-state index contributed by atoms with van der Waals surface area (Å²) in [5.74, 6) is -3.86. The van der Waals surface area contributed by atoms with Crippen LogP contribution < -0.4 is 10.1 Å². The van der Waals surface area contributed by atoms with Crippen molar-refractivity contribution in [3.63, 3.8) is 0 Å². The maximum atomic E-state index is 14.3. The Bertz CT molecular complexity index is 980. The molecule has 0 unspecified atom stereocenters. The van der Waals surface area contributed by atoms with E-state index in [1.807, 2.05) is 0 Å². The molecule has 2 aromatic heterocycles. The SMILES string of the molecule is O=CNC(=O)c1c(F)ccc(OCc2nc3ncc(Cl)cc3s2)c1F. The number of hydrogen-bond donors (Lipinski definition) is 1. The molecular formula is C15H8ClF2N3O3S. The number of carbonyl (C=O) groups is 2. The summed E-state index contributed by atoms with van der Waals surface area (Å²) in [5.41, 5.74) is -0.430. The number of thiazole rings is 1. The number of aromatic nitrogens is 2. The lowest BCUT2D eigenvalue weighted by atomic mass is 10.1. The Morgan fingerprint density at radius 2 is 2.20 bits per heavy atom. The number of benzene rings is 1. The van der Waals surface area contributed by atoms with Crippen LogP contribution in [0.15, 0.2) is 24.4 Å². The molecule has 0 fully saturated rings. The summed E-state index contributed by atoms with van der Waals surface area (Å²) < 4.78 is 33.9. The van der Waals surface area contributed by atoms with Crippen LogP contribution in [0.2, 0.25) is 5.02 Å². The van der Waals surface area contributed by atoms with E-state index in [2.05, 4.69) is 9.97 Å². The number of imide groups is 1. The zero-order valence-corrected chi connectivity index (χ0v) is 13.8. The Labute approximate surface area is 148 Å². The number of amides is 2. The van der Waals surface area contributed by atoms with Gasteiger partial charge in [-0.1, -0.05) is 11.6 Å². The van der Waals surface area contributed by atoms with E-state index in [-0.39, 0.29) is 18.8 Å². The lowest BCUT2D eigenvalue weighted by molar-refractivity contribution is -0.108. The van der Waals surface area contributed by atoms with Gasteiger partial charge in [-0.05, 0) is 18.2 Å². The van der Waals surface area contributed by atoms with Crippen LogP contribution in [0.5, 0.6) is 5.75 Å². The highest BCUT2D eigenvalue weighted by atomic mass is 35.5.